The van der Waals surface area contributed by atoms with E-state index in [1.807, 2.05) is 0 Å². The summed E-state index contributed by atoms with van der Waals surface area (Å²) in [5.74, 6) is 1.83. The van der Waals surface area contributed by atoms with Crippen molar-refractivity contribution in [3.63, 3.8) is 0 Å². The molecule has 6 heteroatoms. The zero-order chi connectivity index (χ0) is 12.4. The summed E-state index contributed by atoms with van der Waals surface area (Å²) >= 11 is 0. The molecule has 0 aliphatic carbocycles. The Balaban J connectivity index is 1.77. The van der Waals surface area contributed by atoms with Crippen LogP contribution in [0.25, 0.3) is 0 Å². The Bertz CT molecular complexity index is 484. The normalized spacial score (nSPS) is 21.6. The molecule has 0 unspecified atom stereocenters. The highest BCUT2D eigenvalue weighted by Crippen LogP contribution is 2.22. The Hall–Kier alpha value is -1.56. The molecule has 3 heterocycles. The van der Waals surface area contributed by atoms with E-state index in [2.05, 4.69) is 25.5 Å². The Morgan fingerprint density at radius 1 is 1.22 bits per heavy atom. The number of nitrogens with zero attached hydrogens (tertiary/aromatic N) is 3. The topological polar surface area (TPSA) is 66.0 Å². The average Bonchev–Trinajstić information content (AvgIpc) is 2.90. The van der Waals surface area contributed by atoms with Gasteiger partial charge in [0.05, 0.1) is 11.9 Å². The van der Waals surface area contributed by atoms with Gasteiger partial charge in [0.2, 0.25) is 0 Å². The number of allylic oxidation sites excluding steroid dienone is 1. The Labute approximate surface area is 105 Å². The second kappa shape index (κ2) is 4.97. The average molecular weight is 249 g/mol. The van der Waals surface area contributed by atoms with Gasteiger partial charge in [-0.1, -0.05) is 0 Å². The first-order valence-corrected chi connectivity index (χ1v) is 6.37. The van der Waals surface area contributed by atoms with Crippen molar-refractivity contribution in [1.29, 1.82) is 0 Å². The summed E-state index contributed by atoms with van der Waals surface area (Å²) in [5, 5.41) is 10.5. The van der Waals surface area contributed by atoms with Crippen molar-refractivity contribution in [2.75, 3.05) is 13.1 Å². The molecular weight excluding hydrogens is 233 g/mol. The first-order valence-electron chi connectivity index (χ1n) is 6.37. The lowest BCUT2D eigenvalue weighted by molar-refractivity contribution is 0.446. The van der Waals surface area contributed by atoms with Gasteiger partial charge < -0.3 is 5.32 Å². The van der Waals surface area contributed by atoms with E-state index in [9.17, 15) is 4.39 Å². The molecule has 1 saturated heterocycles. The van der Waals surface area contributed by atoms with Crippen LogP contribution in [0.4, 0.5) is 4.39 Å². The summed E-state index contributed by atoms with van der Waals surface area (Å²) in [7, 11) is 0. The van der Waals surface area contributed by atoms with E-state index in [0.717, 1.165) is 37.5 Å². The molecule has 2 aliphatic heterocycles. The number of nitrogens with one attached hydrogen (secondary N) is 2. The number of rotatable bonds is 2. The van der Waals surface area contributed by atoms with Crippen molar-refractivity contribution in [2.24, 2.45) is 4.99 Å². The van der Waals surface area contributed by atoms with Crippen LogP contribution in [0.15, 0.2) is 17.0 Å². The van der Waals surface area contributed by atoms with E-state index >= 15 is 0 Å². The molecule has 1 fully saturated rings. The van der Waals surface area contributed by atoms with Gasteiger partial charge in [-0.25, -0.2) is 9.37 Å². The minimum Gasteiger partial charge on any atom is -0.317 e. The van der Waals surface area contributed by atoms with Crippen LogP contribution >= 0.6 is 0 Å². The first kappa shape index (κ1) is 11.5. The molecule has 5 nitrogen and oxygen atoms in total. The van der Waals surface area contributed by atoms with Crippen LogP contribution in [-0.2, 0) is 0 Å². The lowest BCUT2D eigenvalue weighted by Gasteiger charge is -2.19. The van der Waals surface area contributed by atoms with Gasteiger partial charge in [-0.3, -0.25) is 10.1 Å². The van der Waals surface area contributed by atoms with Crippen molar-refractivity contribution in [3.05, 3.63) is 23.7 Å². The molecule has 0 radical (unpaired) electrons. The standard InChI is InChI=1S/C12H16FN5/c13-9-1-2-10(15-7-9)12-16-11(17-18-12)8-3-5-14-6-4-8/h7-8,14H,1-6H2,(H,16,17,18). The largest absolute Gasteiger partial charge is 0.317 e. The number of aromatic amines is 1. The molecule has 0 bridgehead atoms. The van der Waals surface area contributed by atoms with Gasteiger partial charge in [-0.15, -0.1) is 0 Å². The molecule has 0 aromatic carbocycles. The van der Waals surface area contributed by atoms with E-state index in [0.29, 0.717) is 24.6 Å². The summed E-state index contributed by atoms with van der Waals surface area (Å²) < 4.78 is 12.9. The molecule has 0 amide bonds. The third-order valence-electron chi connectivity index (χ3n) is 3.45. The van der Waals surface area contributed by atoms with E-state index in [1.165, 1.54) is 6.20 Å². The van der Waals surface area contributed by atoms with Gasteiger partial charge >= 0.3 is 0 Å². The fraction of sp³-hybridized carbons (Fsp3) is 0.583. The van der Waals surface area contributed by atoms with Crippen molar-refractivity contribution in [1.82, 2.24) is 20.5 Å². The third-order valence-corrected chi connectivity index (χ3v) is 3.45. The zero-order valence-electron chi connectivity index (χ0n) is 10.1. The molecule has 0 saturated carbocycles. The number of hydrogen-bond donors (Lipinski definition) is 2. The maximum absolute atomic E-state index is 12.9. The number of H-pyrrole nitrogens is 1. The van der Waals surface area contributed by atoms with Gasteiger partial charge in [0, 0.05) is 12.3 Å². The molecular formula is C12H16FN5. The molecule has 96 valence electrons. The molecule has 18 heavy (non-hydrogen) atoms. The maximum atomic E-state index is 12.9. The molecule has 1 aromatic heterocycles. The van der Waals surface area contributed by atoms with E-state index < -0.39 is 0 Å². The van der Waals surface area contributed by atoms with Crippen LogP contribution in [0.5, 0.6) is 0 Å². The molecule has 2 aliphatic rings. The summed E-state index contributed by atoms with van der Waals surface area (Å²) in [6.07, 6.45) is 4.40. The molecule has 0 atom stereocenters. The summed E-state index contributed by atoms with van der Waals surface area (Å²) in [5.41, 5.74) is 0.771. The van der Waals surface area contributed by atoms with Crippen LogP contribution < -0.4 is 5.32 Å². The highest BCUT2D eigenvalue weighted by molar-refractivity contribution is 5.98. The van der Waals surface area contributed by atoms with Crippen molar-refractivity contribution < 1.29 is 4.39 Å². The number of piperidine rings is 1. The van der Waals surface area contributed by atoms with Crippen LogP contribution in [-0.4, -0.2) is 34.0 Å². The van der Waals surface area contributed by atoms with Crippen LogP contribution in [0.3, 0.4) is 0 Å². The fourth-order valence-electron chi connectivity index (χ4n) is 2.37. The monoisotopic (exact) mass is 249 g/mol. The number of hydrogen-bond acceptors (Lipinski definition) is 4. The van der Waals surface area contributed by atoms with Crippen molar-refractivity contribution in [3.8, 4) is 0 Å². The van der Waals surface area contributed by atoms with E-state index in [4.69, 9.17) is 0 Å². The summed E-state index contributed by atoms with van der Waals surface area (Å²) in [6, 6.07) is 0. The van der Waals surface area contributed by atoms with Gasteiger partial charge in [0.15, 0.2) is 5.82 Å². The number of halogens is 1. The zero-order valence-corrected chi connectivity index (χ0v) is 10.1. The quantitative estimate of drug-likeness (QED) is 0.837. The highest BCUT2D eigenvalue weighted by atomic mass is 19.1. The van der Waals surface area contributed by atoms with Gasteiger partial charge in [-0.2, -0.15) is 5.10 Å². The van der Waals surface area contributed by atoms with Crippen LogP contribution in [0, 0.1) is 0 Å². The molecule has 1 aromatic rings. The highest BCUT2D eigenvalue weighted by Gasteiger charge is 2.21. The Morgan fingerprint density at radius 3 is 2.78 bits per heavy atom. The predicted molar refractivity (Wildman–Crippen MR) is 66.2 cm³/mol. The van der Waals surface area contributed by atoms with Crippen LogP contribution in [0.2, 0.25) is 0 Å². The number of aliphatic imine (C=N–C) groups is 1. The second-order valence-electron chi connectivity index (χ2n) is 4.72. The SMILES string of the molecule is FC1=CN=C(c2n[nH]c(C3CCNCC3)n2)CC1. The Kier molecular flexibility index (Phi) is 3.19. The van der Waals surface area contributed by atoms with Gasteiger partial charge in [0.25, 0.3) is 0 Å². The van der Waals surface area contributed by atoms with E-state index in [-0.39, 0.29) is 5.83 Å². The predicted octanol–water partition coefficient (Wildman–Crippen LogP) is 1.67. The van der Waals surface area contributed by atoms with Crippen molar-refractivity contribution in [2.45, 2.75) is 31.6 Å². The smallest absolute Gasteiger partial charge is 0.195 e. The lowest BCUT2D eigenvalue weighted by atomic mass is 9.98. The van der Waals surface area contributed by atoms with E-state index in [1.54, 1.807) is 0 Å². The first-order chi connectivity index (χ1) is 8.83. The lowest BCUT2D eigenvalue weighted by Crippen LogP contribution is -2.27. The van der Waals surface area contributed by atoms with Crippen molar-refractivity contribution >= 4 is 5.71 Å². The van der Waals surface area contributed by atoms with Crippen LogP contribution in [0.1, 0.15) is 43.3 Å². The summed E-state index contributed by atoms with van der Waals surface area (Å²) in [4.78, 5) is 8.57. The number of aromatic nitrogens is 3. The summed E-state index contributed by atoms with van der Waals surface area (Å²) in [6.45, 7) is 2.05. The molecule has 2 N–H and O–H groups in total. The second-order valence-corrected chi connectivity index (χ2v) is 4.72. The van der Waals surface area contributed by atoms with Gasteiger partial charge in [-0.05, 0) is 32.4 Å². The molecule has 3 rings (SSSR count). The fourth-order valence-corrected chi connectivity index (χ4v) is 2.37. The minimum absolute atomic E-state index is 0.173. The Morgan fingerprint density at radius 2 is 2.06 bits per heavy atom. The van der Waals surface area contributed by atoms with Gasteiger partial charge in [0.1, 0.15) is 11.7 Å². The minimum atomic E-state index is -0.173. The maximum Gasteiger partial charge on any atom is 0.195 e. The molecule has 0 spiro atoms. The third kappa shape index (κ3) is 2.33.